The summed E-state index contributed by atoms with van der Waals surface area (Å²) in [6, 6.07) is 4.04. The maximum atomic E-state index is 12.2. The van der Waals surface area contributed by atoms with E-state index < -0.39 is 18.1 Å². The van der Waals surface area contributed by atoms with Crippen molar-refractivity contribution in [1.82, 2.24) is 15.5 Å². The molecule has 1 amide bonds. The molecule has 1 heterocycles. The molecule has 0 bridgehead atoms. The van der Waals surface area contributed by atoms with E-state index in [-0.39, 0.29) is 0 Å². The first kappa shape index (κ1) is 16.7. The smallest absolute Gasteiger partial charge is 0.254 e. The Bertz CT molecular complexity index is 655. The number of aromatic nitrogens is 2. The van der Waals surface area contributed by atoms with Crippen LogP contribution in [0.5, 0.6) is 0 Å². The van der Waals surface area contributed by atoms with Crippen LogP contribution in [0, 0.1) is 6.92 Å². The summed E-state index contributed by atoms with van der Waals surface area (Å²) in [5.41, 5.74) is 0.314. The van der Waals surface area contributed by atoms with Gasteiger partial charge in [-0.2, -0.15) is 4.98 Å². The molecule has 0 fully saturated rings. The Morgan fingerprint density at radius 3 is 2.50 bits per heavy atom. The molecule has 22 heavy (non-hydrogen) atoms. The molecule has 1 aromatic heterocycles. The lowest BCUT2D eigenvalue weighted by Gasteiger charge is -2.17. The monoisotopic (exact) mass is 343 g/mol. The Balaban J connectivity index is 2.13. The molecule has 2 N–H and O–H groups in total. The lowest BCUT2D eigenvalue weighted by atomic mass is 10.1. The summed E-state index contributed by atoms with van der Waals surface area (Å²) >= 11 is 11.7. The summed E-state index contributed by atoms with van der Waals surface area (Å²) in [5, 5.41) is 17.3. The first-order chi connectivity index (χ1) is 10.4. The normalized spacial score (nSPS) is 13.7. The van der Waals surface area contributed by atoms with Crippen LogP contribution in [0.2, 0.25) is 10.0 Å². The van der Waals surface area contributed by atoms with Gasteiger partial charge in [-0.1, -0.05) is 35.3 Å². The van der Waals surface area contributed by atoms with E-state index in [9.17, 15) is 9.90 Å². The molecule has 0 aliphatic carbocycles. The van der Waals surface area contributed by atoms with E-state index in [4.69, 9.17) is 27.7 Å². The molecule has 0 radical (unpaired) electrons. The van der Waals surface area contributed by atoms with Crippen LogP contribution >= 0.6 is 23.2 Å². The molecule has 2 atom stereocenters. The van der Waals surface area contributed by atoms with Crippen LogP contribution in [0.1, 0.15) is 42.8 Å². The summed E-state index contributed by atoms with van der Waals surface area (Å²) in [6.07, 6.45) is -0.841. The maximum Gasteiger partial charge on any atom is 0.254 e. The fraction of sp³-hybridized carbons (Fsp3) is 0.357. The fourth-order valence-corrected chi connectivity index (χ4v) is 2.48. The second-order valence-electron chi connectivity index (χ2n) is 4.75. The van der Waals surface area contributed by atoms with Crippen molar-refractivity contribution in [3.63, 3.8) is 0 Å². The van der Waals surface area contributed by atoms with Gasteiger partial charge in [-0.05, 0) is 30.2 Å². The second kappa shape index (κ2) is 7.09. The predicted octanol–water partition coefficient (Wildman–Crippen LogP) is 2.99. The minimum absolute atomic E-state index is 0.314. The van der Waals surface area contributed by atoms with E-state index in [1.54, 1.807) is 6.92 Å². The number of benzene rings is 1. The second-order valence-corrected chi connectivity index (χ2v) is 5.62. The van der Waals surface area contributed by atoms with E-state index in [2.05, 4.69) is 15.5 Å². The van der Waals surface area contributed by atoms with Gasteiger partial charge in [-0.15, -0.1) is 0 Å². The Labute approximate surface area is 137 Å². The average molecular weight is 344 g/mol. The minimum atomic E-state index is -1.39. The van der Waals surface area contributed by atoms with Gasteiger partial charge < -0.3 is 14.9 Å². The molecule has 1 aromatic carbocycles. The third-order valence-corrected chi connectivity index (χ3v) is 3.47. The Morgan fingerprint density at radius 1 is 1.36 bits per heavy atom. The molecule has 8 heteroatoms. The molecular formula is C14H15Cl2N3O3. The molecule has 0 unspecified atom stereocenters. The minimum Gasteiger partial charge on any atom is -0.378 e. The fourth-order valence-electron chi connectivity index (χ4n) is 1.94. The number of rotatable bonds is 5. The van der Waals surface area contributed by atoms with Crippen LogP contribution in [-0.4, -0.2) is 21.2 Å². The molecule has 118 valence electrons. The zero-order valence-corrected chi connectivity index (χ0v) is 13.5. The van der Waals surface area contributed by atoms with Gasteiger partial charge in [-0.3, -0.25) is 4.79 Å². The summed E-state index contributed by atoms with van der Waals surface area (Å²) in [4.78, 5) is 16.3. The Kier molecular flexibility index (Phi) is 5.39. The van der Waals surface area contributed by atoms with Crippen molar-refractivity contribution in [2.45, 2.75) is 32.4 Å². The number of nitrogens with one attached hydrogen (secondary N) is 1. The highest BCUT2D eigenvalue weighted by atomic mass is 35.5. The quantitative estimate of drug-likeness (QED) is 0.871. The number of amides is 1. The number of aryl methyl sites for hydroxylation is 1. The van der Waals surface area contributed by atoms with Crippen molar-refractivity contribution >= 4 is 29.1 Å². The number of nitrogens with zero attached hydrogens (tertiary/aromatic N) is 2. The van der Waals surface area contributed by atoms with Crippen molar-refractivity contribution in [1.29, 1.82) is 0 Å². The lowest BCUT2D eigenvalue weighted by Crippen LogP contribution is -2.33. The molecule has 0 aliphatic rings. The Hall–Kier alpha value is -1.63. The first-order valence-electron chi connectivity index (χ1n) is 6.65. The number of carbonyl (C=O) groups is 1. The van der Waals surface area contributed by atoms with Gasteiger partial charge in [-0.25, -0.2) is 0 Å². The van der Waals surface area contributed by atoms with Crippen molar-refractivity contribution in [3.8, 4) is 0 Å². The average Bonchev–Trinajstić information content (AvgIpc) is 2.89. The van der Waals surface area contributed by atoms with Crippen LogP contribution in [0.15, 0.2) is 22.7 Å². The van der Waals surface area contributed by atoms with Gasteiger partial charge in [0.1, 0.15) is 0 Å². The van der Waals surface area contributed by atoms with Gasteiger partial charge in [0.25, 0.3) is 5.91 Å². The molecule has 2 rings (SSSR count). The van der Waals surface area contributed by atoms with E-state index in [0.717, 1.165) is 0 Å². The van der Waals surface area contributed by atoms with Crippen molar-refractivity contribution in [2.75, 3.05) is 0 Å². The van der Waals surface area contributed by atoms with Crippen LogP contribution in [0.25, 0.3) is 0 Å². The zero-order valence-electron chi connectivity index (χ0n) is 12.0. The van der Waals surface area contributed by atoms with Crippen molar-refractivity contribution in [2.24, 2.45) is 0 Å². The molecule has 2 aromatic rings. The van der Waals surface area contributed by atoms with E-state index in [0.29, 0.717) is 33.7 Å². The number of halogens is 2. The van der Waals surface area contributed by atoms with Crippen molar-refractivity contribution < 1.29 is 14.4 Å². The summed E-state index contributed by atoms with van der Waals surface area (Å²) in [6.45, 7) is 3.52. The molecular weight excluding hydrogens is 329 g/mol. The third kappa shape index (κ3) is 3.97. The lowest BCUT2D eigenvalue weighted by molar-refractivity contribution is -0.130. The number of hydrogen-bond acceptors (Lipinski definition) is 5. The number of carbonyl (C=O) groups excluding carboxylic acids is 1. The van der Waals surface area contributed by atoms with Gasteiger partial charge >= 0.3 is 0 Å². The maximum absolute atomic E-state index is 12.2. The van der Waals surface area contributed by atoms with Gasteiger partial charge in [0.05, 0.1) is 6.04 Å². The van der Waals surface area contributed by atoms with Crippen LogP contribution in [0.3, 0.4) is 0 Å². The molecule has 0 aliphatic heterocycles. The van der Waals surface area contributed by atoms with Gasteiger partial charge in [0.2, 0.25) is 5.89 Å². The molecule has 0 saturated heterocycles. The van der Waals surface area contributed by atoms with Crippen LogP contribution in [0.4, 0.5) is 0 Å². The highest BCUT2D eigenvalue weighted by Gasteiger charge is 2.24. The molecule has 6 nitrogen and oxygen atoms in total. The van der Waals surface area contributed by atoms with Crippen LogP contribution < -0.4 is 5.32 Å². The Morgan fingerprint density at radius 2 is 2.00 bits per heavy atom. The highest BCUT2D eigenvalue weighted by molar-refractivity contribution is 6.34. The molecule has 0 spiro atoms. The highest BCUT2D eigenvalue weighted by Crippen LogP contribution is 2.24. The number of aliphatic hydroxyl groups excluding tert-OH is 1. The standard InChI is InChI=1S/C14H15Cl2N3O3/c1-3-11(13-17-7(2)22-19-13)18-14(21)12(20)8-4-9(15)6-10(16)5-8/h4-6,11-12,20H,3H2,1-2H3,(H,18,21)/t11-,12-/m0/s1. The zero-order chi connectivity index (χ0) is 16.3. The SMILES string of the molecule is CC[C@H](NC(=O)[C@@H](O)c1cc(Cl)cc(Cl)c1)c1noc(C)n1. The number of hydrogen-bond donors (Lipinski definition) is 2. The van der Waals surface area contributed by atoms with Gasteiger partial charge in [0.15, 0.2) is 11.9 Å². The number of aliphatic hydroxyl groups is 1. The van der Waals surface area contributed by atoms with E-state index >= 15 is 0 Å². The first-order valence-corrected chi connectivity index (χ1v) is 7.41. The largest absolute Gasteiger partial charge is 0.378 e. The van der Waals surface area contributed by atoms with Crippen LogP contribution in [-0.2, 0) is 4.79 Å². The van der Waals surface area contributed by atoms with Crippen molar-refractivity contribution in [3.05, 3.63) is 45.5 Å². The topological polar surface area (TPSA) is 88.2 Å². The molecule has 0 saturated carbocycles. The van der Waals surface area contributed by atoms with E-state index in [1.807, 2.05) is 6.92 Å². The third-order valence-electron chi connectivity index (χ3n) is 3.03. The van der Waals surface area contributed by atoms with Gasteiger partial charge in [0, 0.05) is 17.0 Å². The summed E-state index contributed by atoms with van der Waals surface area (Å²) in [7, 11) is 0. The predicted molar refractivity (Wildman–Crippen MR) is 81.6 cm³/mol. The van der Waals surface area contributed by atoms with E-state index in [1.165, 1.54) is 18.2 Å². The summed E-state index contributed by atoms with van der Waals surface area (Å²) < 4.78 is 4.90. The summed E-state index contributed by atoms with van der Waals surface area (Å²) in [5.74, 6) is 0.183.